The van der Waals surface area contributed by atoms with Crippen molar-refractivity contribution in [3.05, 3.63) is 46.7 Å². The molecule has 0 saturated carbocycles. The Kier molecular flexibility index (Phi) is 4.29. The molecular formula is C11H13BrFN. The maximum absolute atomic E-state index is 13.1. The smallest absolute Gasteiger partial charge is 0.137 e. The van der Waals surface area contributed by atoms with Crippen molar-refractivity contribution >= 4 is 15.9 Å². The van der Waals surface area contributed by atoms with E-state index in [1.807, 2.05) is 12.1 Å². The fourth-order valence-electron chi connectivity index (χ4n) is 1.26. The summed E-state index contributed by atoms with van der Waals surface area (Å²) in [5, 5.41) is 0. The monoisotopic (exact) mass is 257 g/mol. The van der Waals surface area contributed by atoms with Gasteiger partial charge in [-0.05, 0) is 40.4 Å². The minimum absolute atomic E-state index is 0.141. The van der Waals surface area contributed by atoms with Crippen molar-refractivity contribution in [2.75, 3.05) is 0 Å². The lowest BCUT2D eigenvalue weighted by molar-refractivity contribution is 0.603. The molecule has 0 aromatic heterocycles. The summed E-state index contributed by atoms with van der Waals surface area (Å²) in [5.74, 6) is -0.267. The van der Waals surface area contributed by atoms with Crippen LogP contribution < -0.4 is 5.73 Å². The van der Waals surface area contributed by atoms with Gasteiger partial charge in [0.2, 0.25) is 0 Å². The van der Waals surface area contributed by atoms with Crippen LogP contribution in [0.3, 0.4) is 0 Å². The highest BCUT2D eigenvalue weighted by Gasteiger charge is 2.11. The molecule has 76 valence electrons. The van der Waals surface area contributed by atoms with E-state index in [4.69, 9.17) is 5.73 Å². The molecule has 14 heavy (non-hydrogen) atoms. The Hall–Kier alpha value is -0.670. The van der Waals surface area contributed by atoms with Crippen molar-refractivity contribution in [2.45, 2.75) is 18.9 Å². The Bertz CT molecular complexity index is 325. The molecule has 0 fully saturated rings. The first-order valence-electron chi connectivity index (χ1n) is 4.47. The van der Waals surface area contributed by atoms with E-state index in [-0.39, 0.29) is 11.9 Å². The largest absolute Gasteiger partial charge is 0.324 e. The van der Waals surface area contributed by atoms with E-state index in [1.54, 1.807) is 6.07 Å². The summed E-state index contributed by atoms with van der Waals surface area (Å²) in [6, 6.07) is 4.77. The van der Waals surface area contributed by atoms with Crippen LogP contribution in [0.25, 0.3) is 0 Å². The van der Waals surface area contributed by atoms with Crippen LogP contribution >= 0.6 is 15.9 Å². The van der Waals surface area contributed by atoms with E-state index in [1.165, 1.54) is 6.07 Å². The summed E-state index contributed by atoms with van der Waals surface area (Å²) in [7, 11) is 0. The molecule has 0 radical (unpaired) electrons. The van der Waals surface area contributed by atoms with Gasteiger partial charge in [-0.3, -0.25) is 0 Å². The normalized spacial score (nSPS) is 12.5. The van der Waals surface area contributed by atoms with Gasteiger partial charge in [-0.15, -0.1) is 6.58 Å². The summed E-state index contributed by atoms with van der Waals surface area (Å²) in [6.45, 7) is 3.62. The average Bonchev–Trinajstić information content (AvgIpc) is 2.18. The molecule has 2 N–H and O–H groups in total. The second kappa shape index (κ2) is 5.27. The molecule has 0 bridgehead atoms. The number of nitrogens with two attached hydrogens (primary N) is 1. The molecule has 1 unspecified atom stereocenters. The zero-order chi connectivity index (χ0) is 10.6. The van der Waals surface area contributed by atoms with Crippen LogP contribution in [0.1, 0.15) is 24.4 Å². The number of allylic oxidation sites excluding steroid dienone is 1. The summed E-state index contributed by atoms with van der Waals surface area (Å²) in [5.41, 5.74) is 6.72. The third-order valence-corrected chi connectivity index (χ3v) is 2.90. The predicted octanol–water partition coefficient (Wildman–Crippen LogP) is 3.55. The maximum atomic E-state index is 13.1. The lowest BCUT2D eigenvalue weighted by Gasteiger charge is -2.12. The molecule has 0 aliphatic carbocycles. The highest BCUT2D eigenvalue weighted by Crippen LogP contribution is 2.27. The fourth-order valence-corrected chi connectivity index (χ4v) is 1.82. The third-order valence-electron chi connectivity index (χ3n) is 2.06. The Labute approximate surface area is 91.9 Å². The van der Waals surface area contributed by atoms with E-state index < -0.39 is 0 Å². The second-order valence-corrected chi connectivity index (χ2v) is 3.91. The predicted molar refractivity (Wildman–Crippen MR) is 60.5 cm³/mol. The quantitative estimate of drug-likeness (QED) is 0.821. The number of benzene rings is 1. The Morgan fingerprint density at radius 3 is 2.93 bits per heavy atom. The van der Waals surface area contributed by atoms with E-state index in [2.05, 4.69) is 22.5 Å². The SMILES string of the molecule is C=CCCC(N)c1cccc(F)c1Br. The lowest BCUT2D eigenvalue weighted by atomic mass is 10.0. The van der Waals surface area contributed by atoms with E-state index >= 15 is 0 Å². The second-order valence-electron chi connectivity index (χ2n) is 3.12. The molecule has 1 aromatic rings. The van der Waals surface area contributed by atoms with Crippen LogP contribution in [-0.2, 0) is 0 Å². The summed E-state index contributed by atoms with van der Waals surface area (Å²) in [6.07, 6.45) is 3.43. The first kappa shape index (κ1) is 11.4. The molecule has 0 amide bonds. The fraction of sp³-hybridized carbons (Fsp3) is 0.273. The van der Waals surface area contributed by atoms with Crippen LogP contribution in [0, 0.1) is 5.82 Å². The molecule has 1 nitrogen and oxygen atoms in total. The minimum atomic E-state index is -0.267. The van der Waals surface area contributed by atoms with Crippen LogP contribution in [0.5, 0.6) is 0 Å². The van der Waals surface area contributed by atoms with Gasteiger partial charge in [0, 0.05) is 6.04 Å². The van der Waals surface area contributed by atoms with Crippen LogP contribution in [0.4, 0.5) is 4.39 Å². The van der Waals surface area contributed by atoms with Gasteiger partial charge in [-0.2, -0.15) is 0 Å². The van der Waals surface area contributed by atoms with Crippen molar-refractivity contribution in [1.29, 1.82) is 0 Å². The summed E-state index contributed by atoms with van der Waals surface area (Å²) < 4.78 is 13.6. The van der Waals surface area contributed by atoms with Crippen molar-refractivity contribution in [2.24, 2.45) is 5.73 Å². The Balaban J connectivity index is 2.83. The highest BCUT2D eigenvalue weighted by molar-refractivity contribution is 9.10. The molecule has 1 atom stereocenters. The molecule has 1 rings (SSSR count). The molecule has 0 spiro atoms. The minimum Gasteiger partial charge on any atom is -0.324 e. The molecule has 1 aromatic carbocycles. The molecule has 0 heterocycles. The standard InChI is InChI=1S/C11H13BrFN/c1-2-3-7-10(14)8-5-4-6-9(13)11(8)12/h2,4-6,10H,1,3,7,14H2. The van der Waals surface area contributed by atoms with Gasteiger partial charge >= 0.3 is 0 Å². The van der Waals surface area contributed by atoms with Crippen LogP contribution in [0.2, 0.25) is 0 Å². The molecule has 0 aliphatic heterocycles. The van der Waals surface area contributed by atoms with Crippen molar-refractivity contribution < 1.29 is 4.39 Å². The summed E-state index contributed by atoms with van der Waals surface area (Å²) in [4.78, 5) is 0. The molecular weight excluding hydrogens is 245 g/mol. The van der Waals surface area contributed by atoms with Crippen molar-refractivity contribution in [3.8, 4) is 0 Å². The van der Waals surface area contributed by atoms with Crippen molar-refractivity contribution in [3.63, 3.8) is 0 Å². The van der Waals surface area contributed by atoms with Gasteiger partial charge in [0.05, 0.1) is 4.47 Å². The topological polar surface area (TPSA) is 26.0 Å². The summed E-state index contributed by atoms with van der Waals surface area (Å²) >= 11 is 3.19. The molecule has 3 heteroatoms. The van der Waals surface area contributed by atoms with Gasteiger partial charge in [-0.25, -0.2) is 4.39 Å². The third kappa shape index (κ3) is 2.66. The van der Waals surface area contributed by atoms with Gasteiger partial charge in [0.1, 0.15) is 5.82 Å². The van der Waals surface area contributed by atoms with Gasteiger partial charge < -0.3 is 5.73 Å². The van der Waals surface area contributed by atoms with Gasteiger partial charge in [-0.1, -0.05) is 18.2 Å². The van der Waals surface area contributed by atoms with Gasteiger partial charge in [0.15, 0.2) is 0 Å². The lowest BCUT2D eigenvalue weighted by Crippen LogP contribution is -2.10. The van der Waals surface area contributed by atoms with E-state index in [0.29, 0.717) is 4.47 Å². The zero-order valence-corrected chi connectivity index (χ0v) is 9.43. The highest BCUT2D eigenvalue weighted by atomic mass is 79.9. The first-order valence-corrected chi connectivity index (χ1v) is 5.26. The van der Waals surface area contributed by atoms with E-state index in [0.717, 1.165) is 18.4 Å². The molecule has 0 saturated heterocycles. The zero-order valence-electron chi connectivity index (χ0n) is 7.84. The Morgan fingerprint density at radius 2 is 2.29 bits per heavy atom. The number of hydrogen-bond donors (Lipinski definition) is 1. The molecule has 0 aliphatic rings. The van der Waals surface area contributed by atoms with Crippen LogP contribution in [0.15, 0.2) is 35.3 Å². The maximum Gasteiger partial charge on any atom is 0.137 e. The average molecular weight is 258 g/mol. The van der Waals surface area contributed by atoms with Crippen LogP contribution in [-0.4, -0.2) is 0 Å². The number of rotatable bonds is 4. The number of hydrogen-bond acceptors (Lipinski definition) is 1. The first-order chi connectivity index (χ1) is 6.66. The van der Waals surface area contributed by atoms with E-state index in [9.17, 15) is 4.39 Å². The van der Waals surface area contributed by atoms with Crippen molar-refractivity contribution in [1.82, 2.24) is 0 Å². The number of halogens is 2. The van der Waals surface area contributed by atoms with Gasteiger partial charge in [0.25, 0.3) is 0 Å². The Morgan fingerprint density at radius 1 is 1.57 bits per heavy atom.